The van der Waals surface area contributed by atoms with E-state index in [2.05, 4.69) is 9.71 Å². The highest BCUT2D eigenvalue weighted by Gasteiger charge is 2.26. The zero-order valence-electron chi connectivity index (χ0n) is 16.9. The van der Waals surface area contributed by atoms with Crippen LogP contribution in [0.15, 0.2) is 41.3 Å². The smallest absolute Gasteiger partial charge is 0.338 e. The fraction of sp³-hybridized carbons (Fsp3) is 0.318. The molecule has 0 amide bonds. The van der Waals surface area contributed by atoms with Crippen LogP contribution in [0.25, 0.3) is 22.2 Å². The summed E-state index contributed by atoms with van der Waals surface area (Å²) in [5.74, 6) is -0.606. The second-order valence-corrected chi connectivity index (χ2v) is 9.78. The van der Waals surface area contributed by atoms with Crippen molar-refractivity contribution >= 4 is 38.5 Å². The second kappa shape index (κ2) is 8.53. The van der Waals surface area contributed by atoms with Gasteiger partial charge in [0.1, 0.15) is 10.6 Å². The molecule has 1 aliphatic carbocycles. The van der Waals surface area contributed by atoms with E-state index in [0.717, 1.165) is 32.1 Å². The molecule has 1 heterocycles. The van der Waals surface area contributed by atoms with Crippen LogP contribution in [0.5, 0.6) is 5.75 Å². The van der Waals surface area contributed by atoms with Crippen molar-refractivity contribution < 1.29 is 23.1 Å². The topological polar surface area (TPSA) is 108 Å². The first-order valence-electron chi connectivity index (χ1n) is 10.1. The predicted octanol–water partition coefficient (Wildman–Crippen LogP) is 4.81. The van der Waals surface area contributed by atoms with Gasteiger partial charge in [-0.15, -0.1) is 0 Å². The Balaban J connectivity index is 1.80. The van der Waals surface area contributed by atoms with Crippen molar-refractivity contribution in [3.8, 4) is 17.0 Å². The summed E-state index contributed by atoms with van der Waals surface area (Å²) >= 11 is 6.24. The molecule has 164 valence electrons. The zero-order chi connectivity index (χ0) is 22.2. The quantitative estimate of drug-likeness (QED) is 0.487. The van der Waals surface area contributed by atoms with Crippen molar-refractivity contribution in [3.05, 3.63) is 47.0 Å². The molecule has 0 radical (unpaired) electrons. The van der Waals surface area contributed by atoms with Crippen molar-refractivity contribution in [3.63, 3.8) is 0 Å². The van der Waals surface area contributed by atoms with Gasteiger partial charge in [0.25, 0.3) is 0 Å². The standard InChI is InChI=1S/C22H23ClN2O5S/c1-30-15-8-10-18-16(12-15)20(22(26)27)21(24-18)13-7-9-17(23)19(11-13)31(28,29)25-14-5-3-2-4-6-14/h7-12,14,24-25H,2-6H2,1H3,(H,26,27). The van der Waals surface area contributed by atoms with E-state index in [0.29, 0.717) is 27.9 Å². The van der Waals surface area contributed by atoms with Crippen molar-refractivity contribution in [1.82, 2.24) is 9.71 Å². The van der Waals surface area contributed by atoms with Crippen molar-refractivity contribution in [1.29, 1.82) is 0 Å². The highest BCUT2D eigenvalue weighted by molar-refractivity contribution is 7.89. The average molecular weight is 463 g/mol. The fourth-order valence-electron chi connectivity index (χ4n) is 4.10. The molecule has 0 bridgehead atoms. The van der Waals surface area contributed by atoms with Gasteiger partial charge in [0.05, 0.1) is 23.4 Å². The van der Waals surface area contributed by atoms with Gasteiger partial charge in [0.2, 0.25) is 10.0 Å². The van der Waals surface area contributed by atoms with Gasteiger partial charge < -0.3 is 14.8 Å². The number of carbonyl (C=O) groups is 1. The minimum Gasteiger partial charge on any atom is -0.497 e. The minimum atomic E-state index is -3.86. The molecular formula is C22H23ClN2O5S. The number of H-pyrrole nitrogens is 1. The monoisotopic (exact) mass is 462 g/mol. The van der Waals surface area contributed by atoms with Gasteiger partial charge in [-0.1, -0.05) is 36.9 Å². The number of methoxy groups -OCH3 is 1. The van der Waals surface area contributed by atoms with E-state index in [1.165, 1.54) is 19.2 Å². The predicted molar refractivity (Wildman–Crippen MR) is 119 cm³/mol. The number of aromatic nitrogens is 1. The van der Waals surface area contributed by atoms with Crippen LogP contribution in [0.2, 0.25) is 5.02 Å². The van der Waals surface area contributed by atoms with Crippen LogP contribution >= 0.6 is 11.6 Å². The first-order chi connectivity index (χ1) is 14.8. The van der Waals surface area contributed by atoms with E-state index in [9.17, 15) is 18.3 Å². The Hall–Kier alpha value is -2.55. The molecule has 1 aliphatic rings. The summed E-state index contributed by atoms with van der Waals surface area (Å²) in [6.07, 6.45) is 4.67. The molecule has 4 rings (SSSR count). The average Bonchev–Trinajstić information content (AvgIpc) is 3.13. The van der Waals surface area contributed by atoms with Crippen LogP contribution in [-0.2, 0) is 10.0 Å². The lowest BCUT2D eigenvalue weighted by atomic mass is 9.96. The highest BCUT2D eigenvalue weighted by atomic mass is 35.5. The summed E-state index contributed by atoms with van der Waals surface area (Å²) in [5, 5.41) is 10.4. The SMILES string of the molecule is COc1ccc2[nH]c(-c3ccc(Cl)c(S(=O)(=O)NC4CCCCC4)c3)c(C(=O)O)c2c1. The summed E-state index contributed by atoms with van der Waals surface area (Å²) < 4.78 is 34.0. The van der Waals surface area contributed by atoms with Gasteiger partial charge in [-0.2, -0.15) is 0 Å². The molecule has 1 fully saturated rings. The first kappa shape index (κ1) is 21.7. The fourth-order valence-corrected chi connectivity index (χ4v) is 5.94. The number of hydrogen-bond donors (Lipinski definition) is 3. The maximum absolute atomic E-state index is 13.0. The third kappa shape index (κ3) is 4.28. The number of rotatable bonds is 6. The summed E-state index contributed by atoms with van der Waals surface area (Å²) in [5.41, 5.74) is 1.37. The van der Waals surface area contributed by atoms with Gasteiger partial charge in [0, 0.05) is 22.5 Å². The molecular weight excluding hydrogens is 440 g/mol. The van der Waals surface area contributed by atoms with Crippen LogP contribution < -0.4 is 9.46 Å². The number of fused-ring (bicyclic) bond motifs is 1. The van der Waals surface area contributed by atoms with E-state index < -0.39 is 16.0 Å². The number of hydrogen-bond acceptors (Lipinski definition) is 4. The molecule has 0 saturated heterocycles. The second-order valence-electron chi connectivity index (χ2n) is 7.69. The number of aromatic amines is 1. The number of ether oxygens (including phenoxy) is 1. The van der Waals surface area contributed by atoms with E-state index in [1.54, 1.807) is 24.3 Å². The Morgan fingerprint density at radius 1 is 1.16 bits per heavy atom. The summed E-state index contributed by atoms with van der Waals surface area (Å²) in [6, 6.07) is 9.47. The van der Waals surface area contributed by atoms with Gasteiger partial charge >= 0.3 is 5.97 Å². The molecule has 9 heteroatoms. The number of carboxylic acids is 1. The number of carboxylic acid groups (broad SMARTS) is 1. The third-order valence-electron chi connectivity index (χ3n) is 5.66. The van der Waals surface area contributed by atoms with Crippen LogP contribution in [0.1, 0.15) is 42.5 Å². The minimum absolute atomic E-state index is 0.0415. The Labute approximate surface area is 185 Å². The number of nitrogens with one attached hydrogen (secondary N) is 2. The molecule has 0 aliphatic heterocycles. The molecule has 1 aromatic heterocycles. The van der Waals surface area contributed by atoms with Gasteiger partial charge in [-0.05, 0) is 43.2 Å². The van der Waals surface area contributed by atoms with Crippen LogP contribution in [0.4, 0.5) is 0 Å². The number of aromatic carboxylic acids is 1. The maximum Gasteiger partial charge on any atom is 0.338 e. The van der Waals surface area contributed by atoms with Gasteiger partial charge in [-0.25, -0.2) is 17.9 Å². The van der Waals surface area contributed by atoms with E-state index in [1.807, 2.05) is 0 Å². The lowest BCUT2D eigenvalue weighted by Crippen LogP contribution is -2.36. The van der Waals surface area contributed by atoms with E-state index >= 15 is 0 Å². The number of sulfonamides is 1. The van der Waals surface area contributed by atoms with Crippen LogP contribution in [-0.4, -0.2) is 37.6 Å². The van der Waals surface area contributed by atoms with E-state index in [4.69, 9.17) is 16.3 Å². The molecule has 3 N–H and O–H groups in total. The number of halogens is 1. The van der Waals surface area contributed by atoms with E-state index in [-0.39, 0.29) is 21.5 Å². The Morgan fingerprint density at radius 3 is 2.58 bits per heavy atom. The summed E-state index contributed by atoms with van der Waals surface area (Å²) in [7, 11) is -2.35. The van der Waals surface area contributed by atoms with Gasteiger partial charge in [-0.3, -0.25) is 0 Å². The van der Waals surface area contributed by atoms with Gasteiger partial charge in [0.15, 0.2) is 0 Å². The number of benzene rings is 2. The molecule has 31 heavy (non-hydrogen) atoms. The maximum atomic E-state index is 13.0. The highest BCUT2D eigenvalue weighted by Crippen LogP contribution is 2.35. The Morgan fingerprint density at radius 2 is 1.90 bits per heavy atom. The lowest BCUT2D eigenvalue weighted by molar-refractivity contribution is 0.0700. The first-order valence-corrected chi connectivity index (χ1v) is 11.9. The van der Waals surface area contributed by atoms with Crippen molar-refractivity contribution in [2.75, 3.05) is 7.11 Å². The Bertz CT molecular complexity index is 1250. The largest absolute Gasteiger partial charge is 0.497 e. The van der Waals surface area contributed by atoms with Crippen LogP contribution in [0, 0.1) is 0 Å². The molecule has 0 atom stereocenters. The molecule has 7 nitrogen and oxygen atoms in total. The van der Waals surface area contributed by atoms with Crippen molar-refractivity contribution in [2.24, 2.45) is 0 Å². The normalized spacial score (nSPS) is 15.3. The molecule has 0 unspecified atom stereocenters. The third-order valence-corrected chi connectivity index (χ3v) is 7.66. The zero-order valence-corrected chi connectivity index (χ0v) is 18.5. The Kier molecular flexibility index (Phi) is 5.96. The molecule has 2 aromatic carbocycles. The summed E-state index contributed by atoms with van der Waals surface area (Å²) in [6.45, 7) is 0. The van der Waals surface area contributed by atoms with Crippen LogP contribution in [0.3, 0.4) is 0 Å². The molecule has 3 aromatic rings. The summed E-state index contributed by atoms with van der Waals surface area (Å²) in [4.78, 5) is 15.1. The molecule has 0 spiro atoms. The molecule has 1 saturated carbocycles. The lowest BCUT2D eigenvalue weighted by Gasteiger charge is -2.23. The van der Waals surface area contributed by atoms with Crippen molar-refractivity contribution in [2.45, 2.75) is 43.0 Å².